The van der Waals surface area contributed by atoms with Crippen LogP contribution in [0.15, 0.2) is 17.7 Å². The Hall–Kier alpha value is -1.03. The highest BCUT2D eigenvalue weighted by Crippen LogP contribution is 2.35. The number of piperidine rings is 1. The number of hydrogen-bond donors (Lipinski definition) is 0. The zero-order valence-electron chi connectivity index (χ0n) is 13.9. The molecule has 1 aromatic carbocycles. The van der Waals surface area contributed by atoms with Gasteiger partial charge in [0.2, 0.25) is 0 Å². The molecule has 2 rings (SSSR count). The third-order valence-electron chi connectivity index (χ3n) is 3.78. The molecule has 0 aliphatic carbocycles. The van der Waals surface area contributed by atoms with E-state index in [1.54, 1.807) is 12.1 Å². The number of benzene rings is 1. The van der Waals surface area contributed by atoms with Crippen LogP contribution in [0.3, 0.4) is 0 Å². The smallest absolute Gasteiger partial charge is 0.161 e. The quantitative estimate of drug-likeness (QED) is 0.716. The molecule has 0 unspecified atom stereocenters. The number of likely N-dealkylation sites (N-methyl/N-ethyl adjacent to an activating group) is 1. The largest absolute Gasteiger partial charge is 0.490 e. The molecular weight excluding hydrogens is 333 g/mol. The van der Waals surface area contributed by atoms with Crippen LogP contribution in [0, 0.1) is 5.92 Å². The van der Waals surface area contributed by atoms with Crippen LogP contribution in [-0.4, -0.2) is 36.9 Å². The predicted molar refractivity (Wildman–Crippen MR) is 96.5 cm³/mol. The lowest BCUT2D eigenvalue weighted by molar-refractivity contribution is -0.117. The minimum Gasteiger partial charge on any atom is -0.490 e. The van der Waals surface area contributed by atoms with Gasteiger partial charge in [0, 0.05) is 25.1 Å². The van der Waals surface area contributed by atoms with Crippen molar-refractivity contribution in [3.8, 4) is 5.75 Å². The van der Waals surface area contributed by atoms with Crippen LogP contribution in [0.5, 0.6) is 5.75 Å². The molecule has 1 fully saturated rings. The minimum atomic E-state index is 0.196. The first-order valence-electron chi connectivity index (χ1n) is 7.98. The topological polar surface area (TPSA) is 29.5 Å². The molecule has 5 heteroatoms. The average molecular weight is 356 g/mol. The number of Topliss-reactive ketones (excluding diaryl/α,β-unsaturated/α-hetero) is 1. The van der Waals surface area contributed by atoms with E-state index in [2.05, 4.69) is 25.7 Å². The third-order valence-corrected chi connectivity index (χ3v) is 4.34. The normalized spacial score (nSPS) is 18.0. The van der Waals surface area contributed by atoms with Crippen molar-refractivity contribution >= 4 is 35.1 Å². The summed E-state index contributed by atoms with van der Waals surface area (Å²) in [6, 6.07) is 3.60. The fraction of sp³-hybridized carbons (Fsp3) is 0.500. The summed E-state index contributed by atoms with van der Waals surface area (Å²) in [7, 11) is 0. The van der Waals surface area contributed by atoms with E-state index < -0.39 is 0 Å². The molecule has 0 saturated carbocycles. The first-order valence-corrected chi connectivity index (χ1v) is 8.74. The zero-order chi connectivity index (χ0) is 17.0. The molecule has 126 valence electrons. The Bertz CT molecular complexity index is 588. The van der Waals surface area contributed by atoms with Gasteiger partial charge < -0.3 is 4.74 Å². The van der Waals surface area contributed by atoms with Crippen molar-refractivity contribution in [3.05, 3.63) is 33.3 Å². The molecule has 0 atom stereocenters. The Kier molecular flexibility index (Phi) is 6.51. The molecule has 1 heterocycles. The first-order chi connectivity index (χ1) is 10.9. The lowest BCUT2D eigenvalue weighted by Crippen LogP contribution is -2.35. The highest BCUT2D eigenvalue weighted by molar-refractivity contribution is 6.37. The van der Waals surface area contributed by atoms with E-state index in [0.717, 1.165) is 24.2 Å². The number of carbonyl (C=O) groups is 1. The maximum absolute atomic E-state index is 12.1. The van der Waals surface area contributed by atoms with Gasteiger partial charge in [-0.3, -0.25) is 9.69 Å². The number of likely N-dealkylation sites (tertiary alicyclic amines) is 1. The van der Waals surface area contributed by atoms with E-state index in [4.69, 9.17) is 27.9 Å². The summed E-state index contributed by atoms with van der Waals surface area (Å²) >= 11 is 12.6. The van der Waals surface area contributed by atoms with Crippen molar-refractivity contribution in [1.82, 2.24) is 4.90 Å². The predicted octanol–water partition coefficient (Wildman–Crippen LogP) is 4.71. The molecule has 0 spiro atoms. The van der Waals surface area contributed by atoms with Crippen LogP contribution in [-0.2, 0) is 4.79 Å². The van der Waals surface area contributed by atoms with Crippen molar-refractivity contribution in [3.63, 3.8) is 0 Å². The monoisotopic (exact) mass is 355 g/mol. The van der Waals surface area contributed by atoms with Crippen molar-refractivity contribution in [2.24, 2.45) is 5.92 Å². The number of rotatable bonds is 5. The Morgan fingerprint density at radius 1 is 1.30 bits per heavy atom. The van der Waals surface area contributed by atoms with Crippen molar-refractivity contribution < 1.29 is 9.53 Å². The molecule has 1 aromatic rings. The summed E-state index contributed by atoms with van der Waals surface area (Å²) in [5.41, 5.74) is 1.64. The molecule has 1 saturated heterocycles. The SMILES string of the molecule is CCN1CCC(=O)/C(=C/c2cc(Cl)c(OCC(C)C)c(Cl)c2)C1. The second-order valence-corrected chi connectivity index (χ2v) is 7.04. The number of hydrogen-bond acceptors (Lipinski definition) is 3. The van der Waals surface area contributed by atoms with Crippen LogP contribution in [0.25, 0.3) is 6.08 Å². The van der Waals surface area contributed by atoms with Gasteiger partial charge in [-0.05, 0) is 36.2 Å². The van der Waals surface area contributed by atoms with Gasteiger partial charge in [-0.2, -0.15) is 0 Å². The summed E-state index contributed by atoms with van der Waals surface area (Å²) in [4.78, 5) is 14.3. The van der Waals surface area contributed by atoms with E-state index in [0.29, 0.717) is 41.3 Å². The summed E-state index contributed by atoms with van der Waals surface area (Å²) < 4.78 is 5.67. The Labute approximate surface area is 148 Å². The Morgan fingerprint density at radius 2 is 1.96 bits per heavy atom. The van der Waals surface area contributed by atoms with E-state index in [-0.39, 0.29) is 5.78 Å². The standard InChI is InChI=1S/C18H23Cl2NO2/c1-4-21-6-5-17(22)14(10-21)7-13-8-15(19)18(16(20)9-13)23-11-12(2)3/h7-9,12H,4-6,10-11H2,1-3H3/b14-7+. The van der Waals surface area contributed by atoms with Crippen LogP contribution < -0.4 is 4.74 Å². The van der Waals surface area contributed by atoms with Gasteiger partial charge in [-0.1, -0.05) is 44.0 Å². The number of halogens is 2. The highest BCUT2D eigenvalue weighted by Gasteiger charge is 2.20. The summed E-state index contributed by atoms with van der Waals surface area (Å²) in [5, 5.41) is 0.946. The number of ketones is 1. The molecule has 0 amide bonds. The Balaban J connectivity index is 2.23. The molecule has 0 bridgehead atoms. The van der Waals surface area contributed by atoms with E-state index in [9.17, 15) is 4.79 Å². The van der Waals surface area contributed by atoms with Gasteiger partial charge in [0.25, 0.3) is 0 Å². The third kappa shape index (κ3) is 4.97. The molecule has 23 heavy (non-hydrogen) atoms. The van der Waals surface area contributed by atoms with E-state index >= 15 is 0 Å². The zero-order valence-corrected chi connectivity index (χ0v) is 15.4. The van der Waals surface area contributed by atoms with Gasteiger partial charge in [0.05, 0.1) is 16.7 Å². The second kappa shape index (κ2) is 8.18. The summed E-state index contributed by atoms with van der Waals surface area (Å²) in [5.74, 6) is 1.10. The van der Waals surface area contributed by atoms with Gasteiger partial charge in [-0.25, -0.2) is 0 Å². The lowest BCUT2D eigenvalue weighted by Gasteiger charge is -2.26. The molecule has 1 aliphatic heterocycles. The van der Waals surface area contributed by atoms with Crippen molar-refractivity contribution in [2.75, 3.05) is 26.2 Å². The van der Waals surface area contributed by atoms with Gasteiger partial charge in [0.15, 0.2) is 11.5 Å². The van der Waals surface area contributed by atoms with Crippen LogP contribution in [0.1, 0.15) is 32.8 Å². The average Bonchev–Trinajstić information content (AvgIpc) is 2.48. The van der Waals surface area contributed by atoms with Crippen LogP contribution in [0.4, 0.5) is 0 Å². The fourth-order valence-corrected chi connectivity index (χ4v) is 3.09. The Morgan fingerprint density at radius 3 is 2.52 bits per heavy atom. The molecule has 0 N–H and O–H groups in total. The number of ether oxygens (including phenoxy) is 1. The second-order valence-electron chi connectivity index (χ2n) is 6.23. The van der Waals surface area contributed by atoms with Gasteiger partial charge >= 0.3 is 0 Å². The van der Waals surface area contributed by atoms with Crippen LogP contribution in [0.2, 0.25) is 10.0 Å². The van der Waals surface area contributed by atoms with E-state index in [1.165, 1.54) is 0 Å². The molecular formula is C18H23Cl2NO2. The number of carbonyl (C=O) groups excluding carboxylic acids is 1. The molecule has 3 nitrogen and oxygen atoms in total. The highest BCUT2D eigenvalue weighted by atomic mass is 35.5. The van der Waals surface area contributed by atoms with Gasteiger partial charge in [-0.15, -0.1) is 0 Å². The molecule has 1 aliphatic rings. The molecule has 0 aromatic heterocycles. The first kappa shape index (κ1) is 18.3. The maximum Gasteiger partial charge on any atom is 0.161 e. The van der Waals surface area contributed by atoms with Crippen molar-refractivity contribution in [2.45, 2.75) is 27.2 Å². The van der Waals surface area contributed by atoms with Crippen LogP contribution >= 0.6 is 23.2 Å². The van der Waals surface area contributed by atoms with Crippen molar-refractivity contribution in [1.29, 1.82) is 0 Å². The maximum atomic E-state index is 12.1. The molecule has 0 radical (unpaired) electrons. The summed E-state index contributed by atoms with van der Waals surface area (Å²) in [6.07, 6.45) is 2.45. The fourth-order valence-electron chi connectivity index (χ4n) is 2.48. The lowest BCUT2D eigenvalue weighted by atomic mass is 10.0. The van der Waals surface area contributed by atoms with Gasteiger partial charge in [0.1, 0.15) is 0 Å². The van der Waals surface area contributed by atoms with E-state index in [1.807, 2.05) is 6.08 Å². The minimum absolute atomic E-state index is 0.196. The summed E-state index contributed by atoms with van der Waals surface area (Å²) in [6.45, 7) is 9.23. The number of nitrogens with zero attached hydrogens (tertiary/aromatic N) is 1.